The Balaban J connectivity index is 0.000000396. The third-order valence-electron chi connectivity index (χ3n) is 1.57. The molecule has 0 radical (unpaired) electrons. The van der Waals surface area contributed by atoms with Crippen LogP contribution in [0.2, 0.25) is 5.02 Å². The number of pyridine rings is 1. The van der Waals surface area contributed by atoms with E-state index in [1.54, 1.807) is 12.5 Å². The van der Waals surface area contributed by atoms with Crippen molar-refractivity contribution in [3.63, 3.8) is 0 Å². The lowest BCUT2D eigenvalue weighted by Crippen LogP contribution is -1.75. The summed E-state index contributed by atoms with van der Waals surface area (Å²) in [5, 5.41) is 1.85. The molecule has 0 amide bonds. The fourth-order valence-electron chi connectivity index (χ4n) is 1.04. The SMILES string of the molecule is CS.Clc1ccc2cccnc2c1. The Kier molecular flexibility index (Phi) is 4.06. The fourth-order valence-corrected chi connectivity index (χ4v) is 1.21. The average molecular weight is 212 g/mol. The van der Waals surface area contributed by atoms with Gasteiger partial charge in [0.2, 0.25) is 0 Å². The van der Waals surface area contributed by atoms with Crippen LogP contribution in [0.25, 0.3) is 10.9 Å². The van der Waals surface area contributed by atoms with Crippen LogP contribution in [-0.4, -0.2) is 11.2 Å². The zero-order chi connectivity index (χ0) is 9.68. The Hall–Kier alpha value is -0.730. The molecular weight excluding hydrogens is 202 g/mol. The van der Waals surface area contributed by atoms with E-state index in [1.807, 2.05) is 30.3 Å². The van der Waals surface area contributed by atoms with Gasteiger partial charge in [-0.2, -0.15) is 12.6 Å². The van der Waals surface area contributed by atoms with E-state index < -0.39 is 0 Å². The first-order valence-corrected chi connectivity index (χ1v) is 5.08. The van der Waals surface area contributed by atoms with Crippen LogP contribution in [-0.2, 0) is 0 Å². The molecule has 68 valence electrons. The van der Waals surface area contributed by atoms with Crippen LogP contribution >= 0.6 is 24.2 Å². The van der Waals surface area contributed by atoms with Crippen LogP contribution in [0.15, 0.2) is 36.5 Å². The first-order chi connectivity index (χ1) is 6.36. The van der Waals surface area contributed by atoms with Crippen molar-refractivity contribution in [1.82, 2.24) is 4.98 Å². The van der Waals surface area contributed by atoms with Crippen molar-refractivity contribution in [2.75, 3.05) is 6.26 Å². The maximum absolute atomic E-state index is 5.78. The van der Waals surface area contributed by atoms with Crippen LogP contribution in [0.3, 0.4) is 0 Å². The number of fused-ring (bicyclic) bond motifs is 1. The van der Waals surface area contributed by atoms with Crippen LogP contribution < -0.4 is 0 Å². The normalized spacial score (nSPS) is 9.15. The largest absolute Gasteiger partial charge is 0.256 e. The van der Waals surface area contributed by atoms with Gasteiger partial charge in [-0.15, -0.1) is 0 Å². The number of hydrogen-bond acceptors (Lipinski definition) is 2. The molecule has 0 aliphatic carbocycles. The minimum Gasteiger partial charge on any atom is -0.256 e. The van der Waals surface area contributed by atoms with E-state index >= 15 is 0 Å². The standard InChI is InChI=1S/C9H6ClN.CH4S/c10-8-4-3-7-2-1-5-11-9(7)6-8;1-2/h1-6H;2H,1H3. The van der Waals surface area contributed by atoms with Crippen molar-refractivity contribution in [2.24, 2.45) is 0 Å². The lowest BCUT2D eigenvalue weighted by Gasteiger charge is -1.94. The topological polar surface area (TPSA) is 12.9 Å². The number of benzene rings is 1. The molecule has 1 heterocycles. The van der Waals surface area contributed by atoms with E-state index in [0.717, 1.165) is 15.9 Å². The van der Waals surface area contributed by atoms with E-state index in [4.69, 9.17) is 11.6 Å². The molecule has 0 saturated heterocycles. The Morgan fingerprint density at radius 1 is 1.23 bits per heavy atom. The zero-order valence-corrected chi connectivity index (χ0v) is 8.89. The number of hydrogen-bond donors (Lipinski definition) is 1. The maximum Gasteiger partial charge on any atom is 0.0716 e. The minimum atomic E-state index is 0.733. The molecule has 2 aromatic rings. The Morgan fingerprint density at radius 3 is 2.77 bits per heavy atom. The number of thiol groups is 1. The smallest absolute Gasteiger partial charge is 0.0716 e. The molecule has 3 heteroatoms. The highest BCUT2D eigenvalue weighted by molar-refractivity contribution is 7.79. The molecule has 0 bridgehead atoms. The molecule has 0 spiro atoms. The Morgan fingerprint density at radius 2 is 2.00 bits per heavy atom. The maximum atomic E-state index is 5.78. The van der Waals surface area contributed by atoms with E-state index in [1.165, 1.54) is 0 Å². The summed E-state index contributed by atoms with van der Waals surface area (Å²) in [7, 11) is 0. The third kappa shape index (κ3) is 2.61. The van der Waals surface area contributed by atoms with Gasteiger partial charge in [0.15, 0.2) is 0 Å². The summed E-state index contributed by atoms with van der Waals surface area (Å²) >= 11 is 9.31. The van der Waals surface area contributed by atoms with E-state index in [0.29, 0.717) is 0 Å². The molecule has 13 heavy (non-hydrogen) atoms. The molecule has 0 aliphatic heterocycles. The van der Waals surface area contributed by atoms with Crippen molar-refractivity contribution in [1.29, 1.82) is 0 Å². The summed E-state index contributed by atoms with van der Waals surface area (Å²) < 4.78 is 0. The van der Waals surface area contributed by atoms with Gasteiger partial charge in [0.05, 0.1) is 5.52 Å². The van der Waals surface area contributed by atoms with Crippen molar-refractivity contribution in [3.05, 3.63) is 41.6 Å². The van der Waals surface area contributed by atoms with Gasteiger partial charge in [-0.05, 0) is 24.5 Å². The molecule has 2 rings (SSSR count). The summed E-state index contributed by atoms with van der Waals surface area (Å²) in [6.45, 7) is 0. The molecule has 1 aromatic carbocycles. The molecule has 1 aromatic heterocycles. The predicted molar refractivity (Wildman–Crippen MR) is 61.7 cm³/mol. The quantitative estimate of drug-likeness (QED) is 0.659. The van der Waals surface area contributed by atoms with Crippen molar-refractivity contribution in [3.8, 4) is 0 Å². The van der Waals surface area contributed by atoms with E-state index in [2.05, 4.69) is 17.6 Å². The Labute approximate surface area is 88.2 Å². The van der Waals surface area contributed by atoms with Crippen molar-refractivity contribution in [2.45, 2.75) is 0 Å². The Bertz CT molecular complexity index is 389. The second-order valence-electron chi connectivity index (χ2n) is 2.34. The van der Waals surface area contributed by atoms with Gasteiger partial charge >= 0.3 is 0 Å². The highest BCUT2D eigenvalue weighted by Gasteiger charge is 1.92. The molecular formula is C10H10ClNS. The lowest BCUT2D eigenvalue weighted by molar-refractivity contribution is 1.41. The number of nitrogens with zero attached hydrogens (tertiary/aromatic N) is 1. The highest BCUT2D eigenvalue weighted by atomic mass is 35.5. The second-order valence-corrected chi connectivity index (χ2v) is 2.78. The van der Waals surface area contributed by atoms with Crippen molar-refractivity contribution >= 4 is 35.1 Å². The molecule has 0 unspecified atom stereocenters. The van der Waals surface area contributed by atoms with Gasteiger partial charge in [-0.3, -0.25) is 4.98 Å². The summed E-state index contributed by atoms with van der Waals surface area (Å²) in [6, 6.07) is 9.61. The summed E-state index contributed by atoms with van der Waals surface area (Å²) in [6.07, 6.45) is 3.46. The summed E-state index contributed by atoms with van der Waals surface area (Å²) in [5.74, 6) is 0. The van der Waals surface area contributed by atoms with Crippen LogP contribution in [0, 0.1) is 0 Å². The van der Waals surface area contributed by atoms with E-state index in [9.17, 15) is 0 Å². The molecule has 0 saturated carbocycles. The van der Waals surface area contributed by atoms with Gasteiger partial charge in [0, 0.05) is 16.6 Å². The fraction of sp³-hybridized carbons (Fsp3) is 0.100. The van der Waals surface area contributed by atoms with Gasteiger partial charge < -0.3 is 0 Å². The molecule has 0 atom stereocenters. The van der Waals surface area contributed by atoms with Crippen LogP contribution in [0.1, 0.15) is 0 Å². The molecule has 0 fully saturated rings. The van der Waals surface area contributed by atoms with E-state index in [-0.39, 0.29) is 0 Å². The number of aromatic nitrogens is 1. The summed E-state index contributed by atoms with van der Waals surface area (Å²) in [4.78, 5) is 4.16. The second kappa shape index (κ2) is 5.10. The molecule has 1 nitrogen and oxygen atoms in total. The van der Waals surface area contributed by atoms with Gasteiger partial charge in [-0.1, -0.05) is 23.7 Å². The van der Waals surface area contributed by atoms with Gasteiger partial charge in [0.1, 0.15) is 0 Å². The molecule has 0 N–H and O–H groups in total. The minimum absolute atomic E-state index is 0.733. The third-order valence-corrected chi connectivity index (χ3v) is 1.80. The molecule has 0 aliphatic rings. The first kappa shape index (κ1) is 10.4. The van der Waals surface area contributed by atoms with Gasteiger partial charge in [0.25, 0.3) is 0 Å². The lowest BCUT2D eigenvalue weighted by atomic mass is 10.2. The number of halogens is 1. The monoisotopic (exact) mass is 211 g/mol. The van der Waals surface area contributed by atoms with Gasteiger partial charge in [-0.25, -0.2) is 0 Å². The highest BCUT2D eigenvalue weighted by Crippen LogP contribution is 2.16. The predicted octanol–water partition coefficient (Wildman–Crippen LogP) is 3.43. The first-order valence-electron chi connectivity index (χ1n) is 3.81. The van der Waals surface area contributed by atoms with Crippen LogP contribution in [0.5, 0.6) is 0 Å². The van der Waals surface area contributed by atoms with Crippen LogP contribution in [0.4, 0.5) is 0 Å². The van der Waals surface area contributed by atoms with Crippen molar-refractivity contribution < 1.29 is 0 Å². The summed E-state index contributed by atoms with van der Waals surface area (Å²) in [5.41, 5.74) is 0.944. The number of rotatable bonds is 0. The average Bonchev–Trinajstić information content (AvgIpc) is 2.21. The zero-order valence-electron chi connectivity index (χ0n) is 7.24.